The number of nitrogens with zero attached hydrogens (tertiary/aromatic N) is 2. The van der Waals surface area contributed by atoms with E-state index < -0.39 is 0 Å². The van der Waals surface area contributed by atoms with Crippen LogP contribution in [0.2, 0.25) is 0 Å². The monoisotopic (exact) mass is 250 g/mol. The fourth-order valence-corrected chi connectivity index (χ4v) is 3.20. The first kappa shape index (κ1) is 10.7. The smallest absolute Gasteiger partial charge is 0.152 e. The average Bonchev–Trinajstić information content (AvgIpc) is 2.92. The van der Waals surface area contributed by atoms with Crippen LogP contribution in [0.15, 0.2) is 34.9 Å². The van der Waals surface area contributed by atoms with Crippen molar-refractivity contribution < 1.29 is 4.42 Å². The van der Waals surface area contributed by atoms with Crippen LogP contribution in [0.1, 0.15) is 24.2 Å². The Kier molecular flexibility index (Phi) is 2.19. The number of benzene rings is 1. The summed E-state index contributed by atoms with van der Waals surface area (Å²) in [5.74, 6) is 1.56. The number of furan rings is 1. The quantitative estimate of drug-likeness (QED) is 0.779. The summed E-state index contributed by atoms with van der Waals surface area (Å²) in [4.78, 5) is 2.37. The summed E-state index contributed by atoms with van der Waals surface area (Å²) in [5, 5.41) is 10.1. The van der Waals surface area contributed by atoms with E-state index in [-0.39, 0.29) is 0 Å². The molecule has 0 saturated carbocycles. The minimum atomic E-state index is 0.616. The first-order valence-corrected chi connectivity index (χ1v) is 6.74. The van der Waals surface area contributed by atoms with E-state index in [2.05, 4.69) is 23.2 Å². The highest BCUT2D eigenvalue weighted by atomic mass is 16.3. The van der Waals surface area contributed by atoms with Gasteiger partial charge in [-0.2, -0.15) is 5.26 Å². The number of fused-ring (bicyclic) bond motifs is 3. The van der Waals surface area contributed by atoms with Crippen LogP contribution in [0.3, 0.4) is 0 Å². The molecule has 0 aliphatic carbocycles. The van der Waals surface area contributed by atoms with Gasteiger partial charge >= 0.3 is 0 Å². The van der Waals surface area contributed by atoms with Crippen molar-refractivity contribution in [2.75, 3.05) is 13.1 Å². The van der Waals surface area contributed by atoms with Crippen molar-refractivity contribution in [3.63, 3.8) is 0 Å². The van der Waals surface area contributed by atoms with Crippen LogP contribution < -0.4 is 0 Å². The van der Waals surface area contributed by atoms with E-state index in [9.17, 15) is 0 Å². The third-order valence-electron chi connectivity index (χ3n) is 4.24. The van der Waals surface area contributed by atoms with Crippen LogP contribution in [-0.4, -0.2) is 18.0 Å². The van der Waals surface area contributed by atoms with Crippen molar-refractivity contribution in [2.24, 2.45) is 5.92 Å². The first-order chi connectivity index (χ1) is 9.35. The number of rotatable bonds is 1. The molecule has 5 rings (SSSR count). The van der Waals surface area contributed by atoms with Gasteiger partial charge in [-0.25, -0.2) is 0 Å². The maximum atomic E-state index is 9.13. The van der Waals surface area contributed by atoms with Gasteiger partial charge in [-0.1, -0.05) is 12.1 Å². The summed E-state index contributed by atoms with van der Waals surface area (Å²) in [6.07, 6.45) is 4.67. The third-order valence-corrected chi connectivity index (χ3v) is 4.24. The predicted octanol–water partition coefficient (Wildman–Crippen LogP) is 3.37. The molecule has 0 atom stereocenters. The summed E-state index contributed by atoms with van der Waals surface area (Å²) < 4.78 is 5.96. The number of piperidine rings is 1. The maximum absolute atomic E-state index is 9.13. The highest BCUT2D eigenvalue weighted by Gasteiger charge is 2.29. The molecule has 2 aromatic rings. The molecule has 94 valence electrons. The molecule has 4 heterocycles. The SMILES string of the molecule is N#Cc1cccc2cc(C3=CN4CCC3CC4)oc12. The highest BCUT2D eigenvalue weighted by molar-refractivity contribution is 5.86. The molecule has 3 heteroatoms. The van der Waals surface area contributed by atoms with Gasteiger partial charge in [0.25, 0.3) is 0 Å². The van der Waals surface area contributed by atoms with Gasteiger partial charge in [0, 0.05) is 30.2 Å². The van der Waals surface area contributed by atoms with Crippen molar-refractivity contribution in [1.29, 1.82) is 5.26 Å². The number of nitriles is 1. The van der Waals surface area contributed by atoms with Gasteiger partial charge in [0.05, 0.1) is 5.56 Å². The van der Waals surface area contributed by atoms with Crippen molar-refractivity contribution in [3.8, 4) is 6.07 Å². The Morgan fingerprint density at radius 3 is 2.79 bits per heavy atom. The van der Waals surface area contributed by atoms with E-state index in [0.717, 1.165) is 29.8 Å². The van der Waals surface area contributed by atoms with E-state index in [0.29, 0.717) is 11.5 Å². The van der Waals surface area contributed by atoms with E-state index in [1.165, 1.54) is 18.4 Å². The molecule has 3 aliphatic rings. The van der Waals surface area contributed by atoms with Crippen LogP contribution in [0.4, 0.5) is 0 Å². The molecule has 0 amide bonds. The Hall–Kier alpha value is -2.21. The normalized spacial score (nSPS) is 18.7. The minimum Gasteiger partial charge on any atom is -0.455 e. The third kappa shape index (κ3) is 1.57. The van der Waals surface area contributed by atoms with Gasteiger partial charge in [-0.05, 0) is 30.9 Å². The molecule has 0 N–H and O–H groups in total. The number of hydrogen-bond donors (Lipinski definition) is 0. The summed E-state index contributed by atoms with van der Waals surface area (Å²) in [6, 6.07) is 9.99. The molecule has 1 aromatic heterocycles. The Labute approximate surface area is 111 Å². The van der Waals surface area contributed by atoms with E-state index in [1.807, 2.05) is 12.1 Å². The summed E-state index contributed by atoms with van der Waals surface area (Å²) in [5.41, 5.74) is 2.64. The van der Waals surface area contributed by atoms with Crippen molar-refractivity contribution in [1.82, 2.24) is 4.90 Å². The summed E-state index contributed by atoms with van der Waals surface area (Å²) in [7, 11) is 0. The molecule has 0 radical (unpaired) electrons. The van der Waals surface area contributed by atoms with Crippen LogP contribution in [0.5, 0.6) is 0 Å². The zero-order chi connectivity index (χ0) is 12.8. The average molecular weight is 250 g/mol. The predicted molar refractivity (Wildman–Crippen MR) is 73.2 cm³/mol. The molecule has 1 saturated heterocycles. The highest BCUT2D eigenvalue weighted by Crippen LogP contribution is 2.39. The number of hydrogen-bond acceptors (Lipinski definition) is 3. The van der Waals surface area contributed by atoms with Crippen LogP contribution in [0.25, 0.3) is 16.5 Å². The molecular weight excluding hydrogens is 236 g/mol. The van der Waals surface area contributed by atoms with E-state index in [4.69, 9.17) is 9.68 Å². The standard InChI is InChI=1S/C16H14N2O/c17-9-13-3-1-2-12-8-15(19-16(12)13)14-10-18-6-4-11(14)5-7-18/h1-3,8,10-11H,4-7H2. The van der Waals surface area contributed by atoms with E-state index in [1.54, 1.807) is 6.07 Å². The van der Waals surface area contributed by atoms with Crippen molar-refractivity contribution >= 4 is 16.5 Å². The summed E-state index contributed by atoms with van der Waals surface area (Å²) >= 11 is 0. The topological polar surface area (TPSA) is 40.2 Å². The van der Waals surface area contributed by atoms with E-state index >= 15 is 0 Å². The second-order valence-electron chi connectivity index (χ2n) is 5.34. The Balaban J connectivity index is 1.87. The molecule has 3 nitrogen and oxygen atoms in total. The van der Waals surface area contributed by atoms with Gasteiger partial charge in [0.2, 0.25) is 0 Å². The lowest BCUT2D eigenvalue weighted by atomic mass is 9.84. The molecule has 2 bridgehead atoms. The first-order valence-electron chi connectivity index (χ1n) is 6.74. The maximum Gasteiger partial charge on any atom is 0.152 e. The molecule has 0 unspecified atom stereocenters. The molecule has 0 spiro atoms. The number of para-hydroxylation sites is 1. The van der Waals surface area contributed by atoms with Crippen molar-refractivity contribution in [3.05, 3.63) is 41.8 Å². The summed E-state index contributed by atoms with van der Waals surface area (Å²) in [6.45, 7) is 2.33. The second-order valence-corrected chi connectivity index (χ2v) is 5.34. The van der Waals surface area contributed by atoms with Gasteiger partial charge in [-0.15, -0.1) is 0 Å². The van der Waals surface area contributed by atoms with Crippen LogP contribution in [0, 0.1) is 17.2 Å². The lowest BCUT2D eigenvalue weighted by Gasteiger charge is -2.38. The van der Waals surface area contributed by atoms with Crippen LogP contribution in [-0.2, 0) is 0 Å². The second kappa shape index (κ2) is 3.89. The van der Waals surface area contributed by atoms with Gasteiger partial charge < -0.3 is 9.32 Å². The largest absolute Gasteiger partial charge is 0.455 e. The van der Waals surface area contributed by atoms with Crippen LogP contribution >= 0.6 is 0 Å². The fourth-order valence-electron chi connectivity index (χ4n) is 3.20. The molecule has 3 aliphatic heterocycles. The Morgan fingerprint density at radius 1 is 1.26 bits per heavy atom. The Bertz CT molecular complexity index is 712. The van der Waals surface area contributed by atoms with Gasteiger partial charge in [0.15, 0.2) is 5.58 Å². The van der Waals surface area contributed by atoms with Gasteiger partial charge in [-0.3, -0.25) is 0 Å². The minimum absolute atomic E-state index is 0.616. The molecule has 19 heavy (non-hydrogen) atoms. The zero-order valence-electron chi connectivity index (χ0n) is 10.6. The zero-order valence-corrected chi connectivity index (χ0v) is 10.6. The molecule has 1 fully saturated rings. The fraction of sp³-hybridized carbons (Fsp3) is 0.312. The molecular formula is C16H14N2O. The lowest BCUT2D eigenvalue weighted by Crippen LogP contribution is -2.35. The van der Waals surface area contributed by atoms with Gasteiger partial charge in [0.1, 0.15) is 11.8 Å². The Morgan fingerprint density at radius 2 is 2.11 bits per heavy atom. The number of allylic oxidation sites excluding steroid dienone is 1. The molecule has 1 aromatic carbocycles. The van der Waals surface area contributed by atoms with Crippen molar-refractivity contribution in [2.45, 2.75) is 12.8 Å². The lowest BCUT2D eigenvalue weighted by molar-refractivity contribution is 0.250.